The van der Waals surface area contributed by atoms with Gasteiger partial charge in [0.15, 0.2) is 0 Å². The van der Waals surface area contributed by atoms with Crippen molar-refractivity contribution in [1.82, 2.24) is 4.98 Å². The van der Waals surface area contributed by atoms with Crippen LogP contribution in [0.5, 0.6) is 5.75 Å². The van der Waals surface area contributed by atoms with E-state index in [1.54, 1.807) is 0 Å². The van der Waals surface area contributed by atoms with Gasteiger partial charge in [0.25, 0.3) is 0 Å². The first-order valence-corrected chi connectivity index (χ1v) is 7.48. The molecule has 0 aliphatic carbocycles. The van der Waals surface area contributed by atoms with E-state index in [0.29, 0.717) is 18.7 Å². The Morgan fingerprint density at radius 3 is 3.00 bits per heavy atom. The minimum atomic E-state index is -0.970. The van der Waals surface area contributed by atoms with Crippen molar-refractivity contribution in [3.63, 3.8) is 0 Å². The van der Waals surface area contributed by atoms with E-state index in [2.05, 4.69) is 11.1 Å². The van der Waals surface area contributed by atoms with Crippen LogP contribution in [0.3, 0.4) is 0 Å². The third kappa shape index (κ3) is 4.72. The van der Waals surface area contributed by atoms with Gasteiger partial charge >= 0.3 is 5.97 Å². The zero-order chi connectivity index (χ0) is 15.2. The first-order valence-electron chi connectivity index (χ1n) is 6.60. The Bertz CT molecular complexity index is 661. The van der Waals surface area contributed by atoms with Crippen molar-refractivity contribution in [1.29, 1.82) is 0 Å². The van der Waals surface area contributed by atoms with Gasteiger partial charge in [-0.2, -0.15) is 0 Å². The average Bonchev–Trinajstić information content (AvgIpc) is 2.88. The number of carbonyl (C=O) groups is 1. The molecule has 2 rings (SSSR count). The van der Waals surface area contributed by atoms with Gasteiger partial charge in [-0.1, -0.05) is 12.1 Å². The zero-order valence-electron chi connectivity index (χ0n) is 12.0. The number of hydrogen-bond acceptors (Lipinski definition) is 4. The maximum Gasteiger partial charge on any atom is 0.328 e. The Kier molecular flexibility index (Phi) is 5.11. The molecule has 1 aromatic carbocycles. The number of aromatic nitrogens is 1. The highest BCUT2D eigenvalue weighted by Crippen LogP contribution is 2.19. The van der Waals surface area contributed by atoms with Gasteiger partial charge < -0.3 is 9.84 Å². The summed E-state index contributed by atoms with van der Waals surface area (Å²) in [6.45, 7) is 4.61. The van der Waals surface area contributed by atoms with Gasteiger partial charge in [-0.05, 0) is 37.1 Å². The monoisotopic (exact) mass is 303 g/mol. The van der Waals surface area contributed by atoms with Crippen molar-refractivity contribution in [2.45, 2.75) is 20.3 Å². The van der Waals surface area contributed by atoms with E-state index in [4.69, 9.17) is 9.84 Å². The average molecular weight is 303 g/mol. The summed E-state index contributed by atoms with van der Waals surface area (Å²) >= 11 is 1.51. The van der Waals surface area contributed by atoms with E-state index in [1.807, 2.05) is 31.4 Å². The molecule has 4 nitrogen and oxygen atoms in total. The molecule has 0 amide bonds. The molecular formula is C16H17NO3S. The van der Waals surface area contributed by atoms with Gasteiger partial charge in [-0.3, -0.25) is 0 Å². The summed E-state index contributed by atoms with van der Waals surface area (Å²) in [5, 5.41) is 11.3. The smallest absolute Gasteiger partial charge is 0.328 e. The number of carboxylic acids is 1. The van der Waals surface area contributed by atoms with Gasteiger partial charge in [-0.15, -0.1) is 11.3 Å². The molecular weight excluding hydrogens is 286 g/mol. The molecule has 1 N–H and O–H groups in total. The second-order valence-electron chi connectivity index (χ2n) is 4.71. The SMILES string of the molecule is Cc1ccc(C)c(OCCc2nc(/C=C/C(=O)O)cs2)c1. The molecule has 0 saturated heterocycles. The van der Waals surface area contributed by atoms with Crippen LogP contribution in [0.4, 0.5) is 0 Å². The molecule has 2 aromatic rings. The Balaban J connectivity index is 1.89. The quantitative estimate of drug-likeness (QED) is 0.830. The van der Waals surface area contributed by atoms with E-state index >= 15 is 0 Å². The molecule has 0 atom stereocenters. The van der Waals surface area contributed by atoms with E-state index in [0.717, 1.165) is 22.4 Å². The fourth-order valence-corrected chi connectivity index (χ4v) is 2.53. The van der Waals surface area contributed by atoms with E-state index in [-0.39, 0.29) is 0 Å². The third-order valence-electron chi connectivity index (χ3n) is 2.88. The molecule has 21 heavy (non-hydrogen) atoms. The fourth-order valence-electron chi connectivity index (χ4n) is 1.78. The summed E-state index contributed by atoms with van der Waals surface area (Å²) in [6, 6.07) is 6.13. The Labute approximate surface area is 127 Å². The molecule has 0 saturated carbocycles. The molecule has 0 fully saturated rings. The lowest BCUT2D eigenvalue weighted by atomic mass is 10.1. The maximum atomic E-state index is 10.4. The summed E-state index contributed by atoms with van der Waals surface area (Å²) < 4.78 is 5.78. The number of carboxylic acid groups (broad SMARTS) is 1. The summed E-state index contributed by atoms with van der Waals surface area (Å²) in [6.07, 6.45) is 3.29. The molecule has 0 aliphatic heterocycles. The van der Waals surface area contributed by atoms with Crippen LogP contribution in [-0.4, -0.2) is 22.7 Å². The lowest BCUT2D eigenvalue weighted by Gasteiger charge is -2.08. The molecule has 0 aliphatic rings. The van der Waals surface area contributed by atoms with Gasteiger partial charge in [0, 0.05) is 17.9 Å². The van der Waals surface area contributed by atoms with Crippen LogP contribution in [-0.2, 0) is 11.2 Å². The standard InChI is InChI=1S/C16H17NO3S/c1-11-3-4-12(2)14(9-11)20-8-7-15-17-13(10-21-15)5-6-16(18)19/h3-6,9-10H,7-8H2,1-2H3,(H,18,19)/b6-5+. The molecule has 0 unspecified atom stereocenters. The highest BCUT2D eigenvalue weighted by molar-refractivity contribution is 7.09. The number of nitrogens with zero attached hydrogens (tertiary/aromatic N) is 1. The van der Waals surface area contributed by atoms with E-state index in [1.165, 1.54) is 23.0 Å². The van der Waals surface area contributed by atoms with Crippen LogP contribution in [0.2, 0.25) is 0 Å². The van der Waals surface area contributed by atoms with Crippen molar-refractivity contribution >= 4 is 23.4 Å². The molecule has 110 valence electrons. The van der Waals surface area contributed by atoms with Crippen LogP contribution in [0.25, 0.3) is 6.08 Å². The Morgan fingerprint density at radius 1 is 1.43 bits per heavy atom. The van der Waals surface area contributed by atoms with Crippen LogP contribution in [0, 0.1) is 13.8 Å². The number of ether oxygens (including phenoxy) is 1. The van der Waals surface area contributed by atoms with Crippen molar-refractivity contribution in [2.75, 3.05) is 6.61 Å². The van der Waals surface area contributed by atoms with Gasteiger partial charge in [0.2, 0.25) is 0 Å². The van der Waals surface area contributed by atoms with E-state index in [9.17, 15) is 4.79 Å². The highest BCUT2D eigenvalue weighted by Gasteiger charge is 2.03. The first kappa shape index (κ1) is 15.3. The molecule has 1 aromatic heterocycles. The lowest BCUT2D eigenvalue weighted by molar-refractivity contribution is -0.131. The largest absolute Gasteiger partial charge is 0.493 e. The number of aryl methyl sites for hydroxylation is 2. The summed E-state index contributed by atoms with van der Waals surface area (Å²) in [5.41, 5.74) is 2.96. The predicted molar refractivity (Wildman–Crippen MR) is 83.9 cm³/mol. The normalized spacial score (nSPS) is 11.0. The summed E-state index contributed by atoms with van der Waals surface area (Å²) in [7, 11) is 0. The van der Waals surface area contributed by atoms with Gasteiger partial charge in [0.1, 0.15) is 5.75 Å². The minimum absolute atomic E-state index is 0.555. The topological polar surface area (TPSA) is 59.4 Å². The molecule has 0 bridgehead atoms. The number of aliphatic carboxylic acids is 1. The number of thiazole rings is 1. The van der Waals surface area contributed by atoms with Crippen molar-refractivity contribution in [3.05, 3.63) is 51.5 Å². The van der Waals surface area contributed by atoms with Crippen LogP contribution >= 0.6 is 11.3 Å². The highest BCUT2D eigenvalue weighted by atomic mass is 32.1. The van der Waals surface area contributed by atoms with Gasteiger partial charge in [-0.25, -0.2) is 9.78 Å². The third-order valence-corrected chi connectivity index (χ3v) is 3.81. The minimum Gasteiger partial charge on any atom is -0.493 e. The summed E-state index contributed by atoms with van der Waals surface area (Å²) in [4.78, 5) is 14.8. The molecule has 1 heterocycles. The van der Waals surface area contributed by atoms with Crippen LogP contribution in [0.15, 0.2) is 29.7 Å². The fraction of sp³-hybridized carbons (Fsp3) is 0.250. The Hall–Kier alpha value is -2.14. The lowest BCUT2D eigenvalue weighted by Crippen LogP contribution is -2.02. The zero-order valence-corrected chi connectivity index (χ0v) is 12.8. The second-order valence-corrected chi connectivity index (χ2v) is 5.65. The number of rotatable bonds is 6. The molecule has 5 heteroatoms. The second kappa shape index (κ2) is 7.04. The number of benzene rings is 1. The molecule has 0 radical (unpaired) electrons. The van der Waals surface area contributed by atoms with E-state index < -0.39 is 5.97 Å². The van der Waals surface area contributed by atoms with Crippen molar-refractivity contribution < 1.29 is 14.6 Å². The first-order chi connectivity index (χ1) is 10.0. The van der Waals surface area contributed by atoms with Crippen LogP contribution < -0.4 is 4.74 Å². The van der Waals surface area contributed by atoms with Gasteiger partial charge in [0.05, 0.1) is 17.3 Å². The summed E-state index contributed by atoms with van der Waals surface area (Å²) in [5.74, 6) is -0.0691. The van der Waals surface area contributed by atoms with Crippen LogP contribution in [0.1, 0.15) is 21.8 Å². The maximum absolute atomic E-state index is 10.4. The Morgan fingerprint density at radius 2 is 2.24 bits per heavy atom. The van der Waals surface area contributed by atoms with Crippen molar-refractivity contribution in [2.24, 2.45) is 0 Å². The number of hydrogen-bond donors (Lipinski definition) is 1. The van der Waals surface area contributed by atoms with Crippen molar-refractivity contribution in [3.8, 4) is 5.75 Å². The molecule has 0 spiro atoms. The predicted octanol–water partition coefficient (Wildman–Crippen LogP) is 3.48.